The first-order chi connectivity index (χ1) is 15.9. The Morgan fingerprint density at radius 2 is 1.39 bits per heavy atom. The molecule has 1 aliphatic heterocycles. The van der Waals surface area contributed by atoms with Crippen molar-refractivity contribution >= 4 is 30.3 Å². The summed E-state index contributed by atoms with van der Waals surface area (Å²) in [5, 5.41) is 0. The zero-order valence-corrected chi connectivity index (χ0v) is 17.0. The van der Waals surface area contributed by atoms with E-state index in [1.165, 1.54) is 54.6 Å². The molecule has 0 N–H and O–H groups in total. The molecule has 0 fully saturated rings. The number of aryl methyl sites for hydroxylation is 1. The predicted octanol–water partition coefficient (Wildman–Crippen LogP) is 3.28. The molecule has 0 unspecified atom stereocenters. The first-order valence-electron chi connectivity index (χ1n) is 9.51. The smallest absolute Gasteiger partial charge is 0.346 e. The monoisotopic (exact) mass is 446 g/mol. The molecule has 0 spiro atoms. The van der Waals surface area contributed by atoms with E-state index in [1.807, 2.05) is 0 Å². The van der Waals surface area contributed by atoms with Crippen molar-refractivity contribution in [1.29, 1.82) is 0 Å². The van der Waals surface area contributed by atoms with Crippen LogP contribution in [0, 0.1) is 6.92 Å². The van der Waals surface area contributed by atoms with Gasteiger partial charge >= 0.3 is 23.9 Å². The van der Waals surface area contributed by atoms with E-state index < -0.39 is 23.9 Å². The van der Waals surface area contributed by atoms with Crippen molar-refractivity contribution in [2.24, 2.45) is 0 Å². The van der Waals surface area contributed by atoms with Gasteiger partial charge in [-0.15, -0.1) is 0 Å². The molecule has 0 aromatic heterocycles. The minimum atomic E-state index is -0.825. The molecule has 0 radical (unpaired) electrons. The number of hydrogen-bond acceptors (Lipinski definition) is 9. The highest BCUT2D eigenvalue weighted by Crippen LogP contribution is 2.25. The number of cyclic esters (lactones) is 2. The number of hydrogen-bond donors (Lipinski definition) is 0. The van der Waals surface area contributed by atoms with Gasteiger partial charge in [0.05, 0.1) is 22.3 Å². The van der Waals surface area contributed by atoms with Crippen molar-refractivity contribution < 1.29 is 42.9 Å². The second kappa shape index (κ2) is 8.75. The van der Waals surface area contributed by atoms with Gasteiger partial charge in [-0.2, -0.15) is 0 Å². The van der Waals surface area contributed by atoms with Crippen LogP contribution in [0.3, 0.4) is 0 Å². The molecule has 164 valence electrons. The largest absolute Gasteiger partial charge is 0.429 e. The Bertz CT molecular complexity index is 1310. The third-order valence-electron chi connectivity index (χ3n) is 4.71. The molecule has 0 bridgehead atoms. The first kappa shape index (κ1) is 21.4. The Balaban J connectivity index is 1.42. The maximum atomic E-state index is 12.4. The van der Waals surface area contributed by atoms with Crippen molar-refractivity contribution in [3.63, 3.8) is 0 Å². The fraction of sp³-hybridized carbons (Fsp3) is 0.0417. The van der Waals surface area contributed by atoms with E-state index in [1.54, 1.807) is 13.0 Å². The molecule has 1 aliphatic rings. The van der Waals surface area contributed by atoms with Gasteiger partial charge in [-0.3, -0.25) is 4.79 Å². The first-order valence-corrected chi connectivity index (χ1v) is 9.51. The Hall–Kier alpha value is -4.79. The second-order valence-corrected chi connectivity index (χ2v) is 6.88. The Labute approximate surface area is 186 Å². The van der Waals surface area contributed by atoms with E-state index in [9.17, 15) is 24.0 Å². The third-order valence-corrected chi connectivity index (χ3v) is 4.71. The number of esters is 4. The number of ether oxygens (including phenoxy) is 4. The average molecular weight is 446 g/mol. The maximum absolute atomic E-state index is 12.4. The van der Waals surface area contributed by atoms with Crippen LogP contribution >= 0.6 is 0 Å². The van der Waals surface area contributed by atoms with Gasteiger partial charge in [-0.25, -0.2) is 19.2 Å². The molecule has 4 rings (SSSR count). The molecule has 0 aliphatic carbocycles. The lowest BCUT2D eigenvalue weighted by atomic mass is 10.1. The summed E-state index contributed by atoms with van der Waals surface area (Å²) < 4.78 is 19.8. The summed E-state index contributed by atoms with van der Waals surface area (Å²) >= 11 is 0. The molecule has 9 nitrogen and oxygen atoms in total. The summed E-state index contributed by atoms with van der Waals surface area (Å²) in [5.74, 6) is -2.22. The molecule has 33 heavy (non-hydrogen) atoms. The number of carbonyl (C=O) groups is 5. The minimum absolute atomic E-state index is 0.00593. The second-order valence-electron chi connectivity index (χ2n) is 6.88. The Morgan fingerprint density at radius 3 is 2.09 bits per heavy atom. The zero-order valence-electron chi connectivity index (χ0n) is 17.0. The Morgan fingerprint density at radius 1 is 0.758 bits per heavy atom. The number of benzene rings is 3. The molecule has 0 atom stereocenters. The lowest BCUT2D eigenvalue weighted by molar-refractivity contribution is -0.120. The molecule has 1 heterocycles. The summed E-state index contributed by atoms with van der Waals surface area (Å²) in [6.45, 7) is 1.99. The predicted molar refractivity (Wildman–Crippen MR) is 110 cm³/mol. The SMILES string of the molecule is Cc1cc(OC=O)ccc1OC(=O)c1ccc(OC(=O)c2ccc3c(c2)C(=O)OC3=O)cc1. The van der Waals surface area contributed by atoms with Crippen molar-refractivity contribution in [2.45, 2.75) is 6.92 Å². The standard InChI is InChI=1S/C24H14O9/c1-13-10-17(30-12-25)7-9-20(13)32-21(26)14-2-5-16(6-3-14)31-22(27)15-4-8-18-19(11-15)24(29)33-23(18)28/h2-12H,1H3. The van der Waals surface area contributed by atoms with Gasteiger partial charge in [0.2, 0.25) is 0 Å². The highest BCUT2D eigenvalue weighted by atomic mass is 16.6. The quantitative estimate of drug-likeness (QED) is 0.243. The highest BCUT2D eigenvalue weighted by Gasteiger charge is 2.30. The van der Waals surface area contributed by atoms with E-state index in [0.29, 0.717) is 23.5 Å². The van der Waals surface area contributed by atoms with E-state index in [-0.39, 0.29) is 28.0 Å². The normalized spacial score (nSPS) is 11.9. The summed E-state index contributed by atoms with van der Waals surface area (Å²) in [7, 11) is 0. The molecule has 0 saturated heterocycles. The summed E-state index contributed by atoms with van der Waals surface area (Å²) in [6.07, 6.45) is 0. The molecule has 3 aromatic carbocycles. The van der Waals surface area contributed by atoms with Gasteiger partial charge in [0.1, 0.15) is 17.2 Å². The lowest BCUT2D eigenvalue weighted by Gasteiger charge is -2.09. The van der Waals surface area contributed by atoms with Gasteiger partial charge in [0, 0.05) is 0 Å². The van der Waals surface area contributed by atoms with Crippen molar-refractivity contribution in [1.82, 2.24) is 0 Å². The van der Waals surface area contributed by atoms with Gasteiger partial charge < -0.3 is 18.9 Å². The molecular weight excluding hydrogens is 432 g/mol. The molecule has 0 amide bonds. The minimum Gasteiger partial charge on any atom is -0.429 e. The third kappa shape index (κ3) is 4.47. The topological polar surface area (TPSA) is 122 Å². The zero-order chi connectivity index (χ0) is 23.5. The van der Waals surface area contributed by atoms with Gasteiger partial charge in [0.15, 0.2) is 0 Å². The number of carbonyl (C=O) groups excluding carboxylic acids is 5. The van der Waals surface area contributed by atoms with Gasteiger partial charge in [-0.1, -0.05) is 0 Å². The van der Waals surface area contributed by atoms with Crippen LogP contribution in [0.2, 0.25) is 0 Å². The molecule has 0 saturated carbocycles. The lowest BCUT2D eigenvalue weighted by Crippen LogP contribution is -2.11. The molecule has 3 aromatic rings. The van der Waals surface area contributed by atoms with Crippen LogP contribution in [0.4, 0.5) is 0 Å². The van der Waals surface area contributed by atoms with E-state index in [2.05, 4.69) is 4.74 Å². The Kier molecular flexibility index (Phi) is 5.69. The maximum Gasteiger partial charge on any atom is 0.346 e. The van der Waals surface area contributed by atoms with Crippen LogP contribution in [0.5, 0.6) is 17.2 Å². The van der Waals surface area contributed by atoms with Crippen LogP contribution in [0.15, 0.2) is 60.7 Å². The number of rotatable bonds is 6. The fourth-order valence-corrected chi connectivity index (χ4v) is 3.06. The highest BCUT2D eigenvalue weighted by molar-refractivity contribution is 6.15. The van der Waals surface area contributed by atoms with Gasteiger partial charge in [-0.05, 0) is 73.2 Å². The van der Waals surface area contributed by atoms with Crippen LogP contribution in [-0.4, -0.2) is 30.3 Å². The fourth-order valence-electron chi connectivity index (χ4n) is 3.06. The van der Waals surface area contributed by atoms with Gasteiger partial charge in [0.25, 0.3) is 6.47 Å². The van der Waals surface area contributed by atoms with Crippen molar-refractivity contribution in [3.8, 4) is 17.2 Å². The van der Waals surface area contributed by atoms with Crippen LogP contribution in [0.1, 0.15) is 47.0 Å². The van der Waals surface area contributed by atoms with Crippen LogP contribution < -0.4 is 14.2 Å². The number of fused-ring (bicyclic) bond motifs is 1. The van der Waals surface area contributed by atoms with Crippen LogP contribution in [-0.2, 0) is 9.53 Å². The molecule has 9 heteroatoms. The van der Waals surface area contributed by atoms with Crippen molar-refractivity contribution in [2.75, 3.05) is 0 Å². The van der Waals surface area contributed by atoms with Crippen molar-refractivity contribution in [3.05, 3.63) is 88.5 Å². The molecular formula is C24H14O9. The van der Waals surface area contributed by atoms with Crippen LogP contribution in [0.25, 0.3) is 0 Å². The van der Waals surface area contributed by atoms with E-state index in [0.717, 1.165) is 0 Å². The van der Waals surface area contributed by atoms with E-state index in [4.69, 9.17) is 14.2 Å². The average Bonchev–Trinajstić information content (AvgIpc) is 3.09. The summed E-state index contributed by atoms with van der Waals surface area (Å²) in [5.41, 5.74) is 0.935. The summed E-state index contributed by atoms with van der Waals surface area (Å²) in [4.78, 5) is 58.4. The van der Waals surface area contributed by atoms with E-state index >= 15 is 0 Å². The summed E-state index contributed by atoms with van der Waals surface area (Å²) in [6, 6.07) is 14.1.